The number of anilines is 2. The van der Waals surface area contributed by atoms with E-state index in [1.54, 1.807) is 30.3 Å². The molecule has 2 amide bonds. The molecule has 112 valence electrons. The highest BCUT2D eigenvalue weighted by molar-refractivity contribution is 9.10. The molecule has 0 aliphatic heterocycles. The van der Waals surface area contributed by atoms with E-state index in [4.69, 9.17) is 0 Å². The Hall–Kier alpha value is -2.40. The number of hydrogen-bond donors (Lipinski definition) is 2. The molecule has 0 fully saturated rings. The molecular formula is C17H15BrN2O2. The molecule has 0 aliphatic carbocycles. The molecule has 2 aromatic carbocycles. The summed E-state index contributed by atoms with van der Waals surface area (Å²) in [7, 11) is 0. The van der Waals surface area contributed by atoms with Crippen molar-refractivity contribution >= 4 is 45.2 Å². The molecule has 0 unspecified atom stereocenters. The molecule has 0 atom stereocenters. The van der Waals surface area contributed by atoms with E-state index in [1.807, 2.05) is 24.3 Å². The van der Waals surface area contributed by atoms with E-state index in [9.17, 15) is 9.59 Å². The molecule has 0 bridgehead atoms. The second-order valence-electron chi connectivity index (χ2n) is 4.61. The Morgan fingerprint density at radius 1 is 1.00 bits per heavy atom. The molecule has 0 spiro atoms. The van der Waals surface area contributed by atoms with Gasteiger partial charge in [-0.2, -0.15) is 0 Å². The molecule has 0 heterocycles. The third-order valence-electron chi connectivity index (χ3n) is 2.77. The van der Waals surface area contributed by atoms with Gasteiger partial charge in [0.05, 0.1) is 0 Å². The normalized spacial score (nSPS) is 10.5. The lowest BCUT2D eigenvalue weighted by atomic mass is 10.2. The van der Waals surface area contributed by atoms with Crippen LogP contribution in [0.15, 0.2) is 59.1 Å². The zero-order valence-corrected chi connectivity index (χ0v) is 13.6. The predicted octanol–water partition coefficient (Wildman–Crippen LogP) is 4.06. The first-order valence-electron chi connectivity index (χ1n) is 6.66. The van der Waals surface area contributed by atoms with Gasteiger partial charge in [0.2, 0.25) is 11.8 Å². The first kappa shape index (κ1) is 16.0. The number of carbonyl (C=O) groups excluding carboxylic acids is 2. The van der Waals surface area contributed by atoms with Crippen molar-refractivity contribution in [2.24, 2.45) is 0 Å². The summed E-state index contributed by atoms with van der Waals surface area (Å²) < 4.78 is 0.923. The quantitative estimate of drug-likeness (QED) is 0.809. The van der Waals surface area contributed by atoms with Crippen LogP contribution in [0.2, 0.25) is 0 Å². The van der Waals surface area contributed by atoms with Gasteiger partial charge in [-0.3, -0.25) is 9.59 Å². The maximum absolute atomic E-state index is 11.9. The van der Waals surface area contributed by atoms with Gasteiger partial charge in [0, 0.05) is 28.8 Å². The third kappa shape index (κ3) is 4.86. The fourth-order valence-electron chi connectivity index (χ4n) is 1.84. The minimum Gasteiger partial charge on any atom is -0.326 e. The van der Waals surface area contributed by atoms with Crippen LogP contribution in [0.5, 0.6) is 0 Å². The fourth-order valence-corrected chi connectivity index (χ4v) is 2.25. The number of benzene rings is 2. The monoisotopic (exact) mass is 358 g/mol. The number of carbonyl (C=O) groups is 2. The van der Waals surface area contributed by atoms with Gasteiger partial charge < -0.3 is 10.6 Å². The highest BCUT2D eigenvalue weighted by Crippen LogP contribution is 2.18. The smallest absolute Gasteiger partial charge is 0.248 e. The number of hydrogen-bond acceptors (Lipinski definition) is 2. The Bertz CT molecular complexity index is 726. The lowest BCUT2D eigenvalue weighted by molar-refractivity contribution is -0.114. The number of nitrogens with one attached hydrogen (secondary N) is 2. The Morgan fingerprint density at radius 2 is 1.68 bits per heavy atom. The summed E-state index contributed by atoms with van der Waals surface area (Å²) in [5.74, 6) is -0.395. The van der Waals surface area contributed by atoms with Crippen molar-refractivity contribution in [1.29, 1.82) is 0 Å². The highest BCUT2D eigenvalue weighted by Gasteiger charge is 2.01. The first-order chi connectivity index (χ1) is 10.5. The molecule has 5 heteroatoms. The summed E-state index contributed by atoms with van der Waals surface area (Å²) in [4.78, 5) is 23.0. The largest absolute Gasteiger partial charge is 0.326 e. The SMILES string of the molecule is CC(=O)Nc1cccc(NC(=O)/C=C/c2ccccc2Br)c1. The van der Waals surface area contributed by atoms with Crippen molar-refractivity contribution in [1.82, 2.24) is 0 Å². The van der Waals surface area contributed by atoms with Gasteiger partial charge >= 0.3 is 0 Å². The van der Waals surface area contributed by atoms with E-state index in [1.165, 1.54) is 13.0 Å². The Kier molecular flexibility index (Phi) is 5.49. The molecule has 2 N–H and O–H groups in total. The van der Waals surface area contributed by atoms with Crippen LogP contribution >= 0.6 is 15.9 Å². The fraction of sp³-hybridized carbons (Fsp3) is 0.0588. The van der Waals surface area contributed by atoms with Crippen LogP contribution in [0, 0.1) is 0 Å². The number of halogens is 1. The van der Waals surface area contributed by atoms with E-state index in [0.29, 0.717) is 11.4 Å². The Morgan fingerprint density at radius 3 is 2.36 bits per heavy atom. The van der Waals surface area contributed by atoms with Crippen LogP contribution in [0.25, 0.3) is 6.08 Å². The van der Waals surface area contributed by atoms with E-state index < -0.39 is 0 Å². The van der Waals surface area contributed by atoms with Crippen LogP contribution in [0.4, 0.5) is 11.4 Å². The minimum atomic E-state index is -0.240. The summed E-state index contributed by atoms with van der Waals surface area (Å²) in [6, 6.07) is 14.6. The highest BCUT2D eigenvalue weighted by atomic mass is 79.9. The zero-order chi connectivity index (χ0) is 15.9. The van der Waals surface area contributed by atoms with Gasteiger partial charge in [0.15, 0.2) is 0 Å². The topological polar surface area (TPSA) is 58.2 Å². The molecule has 22 heavy (non-hydrogen) atoms. The van der Waals surface area contributed by atoms with E-state index in [2.05, 4.69) is 26.6 Å². The molecule has 0 aliphatic rings. The summed E-state index contributed by atoms with van der Waals surface area (Å²) in [6.45, 7) is 1.44. The summed E-state index contributed by atoms with van der Waals surface area (Å²) >= 11 is 3.42. The molecule has 2 aromatic rings. The number of rotatable bonds is 4. The van der Waals surface area contributed by atoms with Crippen molar-refractivity contribution < 1.29 is 9.59 Å². The van der Waals surface area contributed by atoms with Crippen LogP contribution in [-0.2, 0) is 9.59 Å². The summed E-state index contributed by atoms with van der Waals surface area (Å²) in [5.41, 5.74) is 2.18. The van der Waals surface area contributed by atoms with E-state index in [0.717, 1.165) is 10.0 Å². The van der Waals surface area contributed by atoms with Crippen LogP contribution in [0.3, 0.4) is 0 Å². The van der Waals surface area contributed by atoms with Crippen molar-refractivity contribution in [2.75, 3.05) is 10.6 Å². The summed E-state index contributed by atoms with van der Waals surface area (Å²) in [5, 5.41) is 5.42. The molecular weight excluding hydrogens is 344 g/mol. The predicted molar refractivity (Wildman–Crippen MR) is 92.6 cm³/mol. The molecule has 0 saturated carbocycles. The average molecular weight is 359 g/mol. The minimum absolute atomic E-state index is 0.155. The van der Waals surface area contributed by atoms with Gasteiger partial charge in [-0.05, 0) is 35.9 Å². The second-order valence-corrected chi connectivity index (χ2v) is 5.46. The molecule has 2 rings (SSSR count). The maximum Gasteiger partial charge on any atom is 0.248 e. The van der Waals surface area contributed by atoms with Crippen molar-refractivity contribution in [3.05, 3.63) is 64.6 Å². The van der Waals surface area contributed by atoms with Gasteiger partial charge in [0.1, 0.15) is 0 Å². The third-order valence-corrected chi connectivity index (χ3v) is 3.49. The molecule has 0 saturated heterocycles. The van der Waals surface area contributed by atoms with Gasteiger partial charge in [-0.25, -0.2) is 0 Å². The van der Waals surface area contributed by atoms with Crippen LogP contribution < -0.4 is 10.6 Å². The molecule has 0 radical (unpaired) electrons. The molecule has 4 nitrogen and oxygen atoms in total. The number of amides is 2. The lowest BCUT2D eigenvalue weighted by Gasteiger charge is -2.06. The lowest BCUT2D eigenvalue weighted by Crippen LogP contribution is -2.09. The second kappa shape index (κ2) is 7.56. The van der Waals surface area contributed by atoms with Crippen LogP contribution in [0.1, 0.15) is 12.5 Å². The Balaban J connectivity index is 2.03. The van der Waals surface area contributed by atoms with E-state index in [-0.39, 0.29) is 11.8 Å². The molecule has 0 aromatic heterocycles. The maximum atomic E-state index is 11.9. The summed E-state index contributed by atoms with van der Waals surface area (Å²) in [6.07, 6.45) is 3.20. The van der Waals surface area contributed by atoms with Gasteiger partial charge in [0.25, 0.3) is 0 Å². The van der Waals surface area contributed by atoms with Crippen molar-refractivity contribution in [3.8, 4) is 0 Å². The van der Waals surface area contributed by atoms with Gasteiger partial charge in [-0.15, -0.1) is 0 Å². The van der Waals surface area contributed by atoms with E-state index >= 15 is 0 Å². The Labute approximate surface area is 137 Å². The standard InChI is InChI=1S/C17H15BrN2O2/c1-12(21)19-14-6-4-7-15(11-14)20-17(22)10-9-13-5-2-3-8-16(13)18/h2-11H,1H3,(H,19,21)(H,20,22)/b10-9+. The van der Waals surface area contributed by atoms with Crippen molar-refractivity contribution in [3.63, 3.8) is 0 Å². The van der Waals surface area contributed by atoms with Crippen LogP contribution in [-0.4, -0.2) is 11.8 Å². The average Bonchev–Trinajstić information content (AvgIpc) is 2.46. The van der Waals surface area contributed by atoms with Crippen molar-refractivity contribution in [2.45, 2.75) is 6.92 Å². The van der Waals surface area contributed by atoms with Gasteiger partial charge in [-0.1, -0.05) is 40.2 Å². The first-order valence-corrected chi connectivity index (χ1v) is 7.45. The zero-order valence-electron chi connectivity index (χ0n) is 12.0.